The fourth-order valence-corrected chi connectivity index (χ4v) is 3.44. The highest BCUT2D eigenvalue weighted by molar-refractivity contribution is 8.18. The zero-order valence-corrected chi connectivity index (χ0v) is 16.3. The van der Waals surface area contributed by atoms with Gasteiger partial charge in [0.2, 0.25) is 0 Å². The van der Waals surface area contributed by atoms with Gasteiger partial charge in [-0.15, -0.1) is 0 Å². The summed E-state index contributed by atoms with van der Waals surface area (Å²) in [6.45, 7) is 6.46. The van der Waals surface area contributed by atoms with E-state index in [0.29, 0.717) is 10.6 Å². The predicted molar refractivity (Wildman–Crippen MR) is 108 cm³/mol. The van der Waals surface area contributed by atoms with Crippen LogP contribution in [0, 0.1) is 5.82 Å². The minimum atomic E-state index is -0.341. The van der Waals surface area contributed by atoms with Crippen molar-refractivity contribution in [3.8, 4) is 0 Å². The monoisotopic (exact) mass is 384 g/mol. The molecule has 2 aromatic rings. The molecule has 2 amide bonds. The van der Waals surface area contributed by atoms with Crippen LogP contribution < -0.4 is 5.32 Å². The van der Waals surface area contributed by atoms with E-state index in [1.54, 1.807) is 18.2 Å². The van der Waals surface area contributed by atoms with Crippen LogP contribution in [0.25, 0.3) is 6.08 Å². The van der Waals surface area contributed by atoms with E-state index in [1.165, 1.54) is 17.7 Å². The van der Waals surface area contributed by atoms with Gasteiger partial charge in [0, 0.05) is 5.69 Å². The molecule has 1 aliphatic rings. The Morgan fingerprint density at radius 3 is 2.26 bits per heavy atom. The molecule has 0 saturated carbocycles. The summed E-state index contributed by atoms with van der Waals surface area (Å²) in [5, 5.41) is 2.63. The van der Waals surface area contributed by atoms with Gasteiger partial charge in [-0.25, -0.2) is 4.39 Å². The highest BCUT2D eigenvalue weighted by Gasteiger charge is 2.34. The fourth-order valence-electron chi connectivity index (χ4n) is 2.61. The van der Waals surface area contributed by atoms with Crippen molar-refractivity contribution in [2.75, 3.05) is 12.0 Å². The standard InChI is InChI=1S/C21H21FN2O2S/c1-21(2,3)15-6-4-14(5-7-15)12-18-19(25)24(20(26)27-18)13-23-17-10-8-16(22)9-11-17/h4-12,23H,13H2,1-3H3/b18-12-. The van der Waals surface area contributed by atoms with Crippen molar-refractivity contribution in [3.05, 3.63) is 70.4 Å². The number of nitrogens with one attached hydrogen (secondary N) is 1. The van der Waals surface area contributed by atoms with Gasteiger partial charge in [0.25, 0.3) is 11.1 Å². The SMILES string of the molecule is CC(C)(C)c1ccc(/C=C2\SC(=O)N(CNc3ccc(F)cc3)C2=O)cc1. The third kappa shape index (κ3) is 4.57. The molecule has 0 bridgehead atoms. The van der Waals surface area contributed by atoms with Crippen LogP contribution in [0.3, 0.4) is 0 Å². The lowest BCUT2D eigenvalue weighted by molar-refractivity contribution is -0.122. The molecule has 3 rings (SSSR count). The van der Waals surface area contributed by atoms with Crippen LogP contribution in [0.4, 0.5) is 14.9 Å². The van der Waals surface area contributed by atoms with E-state index < -0.39 is 0 Å². The van der Waals surface area contributed by atoms with Crippen molar-refractivity contribution in [2.24, 2.45) is 0 Å². The minimum absolute atomic E-state index is 0.0383. The first-order valence-electron chi connectivity index (χ1n) is 8.59. The van der Waals surface area contributed by atoms with E-state index >= 15 is 0 Å². The molecule has 27 heavy (non-hydrogen) atoms. The van der Waals surface area contributed by atoms with E-state index in [0.717, 1.165) is 22.2 Å². The van der Waals surface area contributed by atoms with Gasteiger partial charge in [0.05, 0.1) is 11.6 Å². The number of amides is 2. The van der Waals surface area contributed by atoms with E-state index in [2.05, 4.69) is 26.1 Å². The molecule has 0 spiro atoms. The molecule has 6 heteroatoms. The zero-order chi connectivity index (χ0) is 19.6. The lowest BCUT2D eigenvalue weighted by atomic mass is 9.87. The van der Waals surface area contributed by atoms with Gasteiger partial charge in [-0.3, -0.25) is 14.5 Å². The smallest absolute Gasteiger partial charge is 0.295 e. The van der Waals surface area contributed by atoms with Crippen molar-refractivity contribution in [3.63, 3.8) is 0 Å². The van der Waals surface area contributed by atoms with Crippen LogP contribution in [-0.2, 0) is 10.2 Å². The second kappa shape index (κ2) is 7.56. The number of benzene rings is 2. The average molecular weight is 384 g/mol. The summed E-state index contributed by atoms with van der Waals surface area (Å²) >= 11 is 0.923. The van der Waals surface area contributed by atoms with E-state index in [4.69, 9.17) is 0 Å². The summed E-state index contributed by atoms with van der Waals surface area (Å²) in [6.07, 6.45) is 1.73. The highest BCUT2D eigenvalue weighted by Crippen LogP contribution is 2.32. The van der Waals surface area contributed by atoms with Crippen LogP contribution in [0.15, 0.2) is 53.4 Å². The van der Waals surface area contributed by atoms with Crippen molar-refractivity contribution >= 4 is 34.7 Å². The van der Waals surface area contributed by atoms with Gasteiger partial charge < -0.3 is 5.32 Å². The Hall–Kier alpha value is -2.60. The quantitative estimate of drug-likeness (QED) is 0.734. The molecule has 4 nitrogen and oxygen atoms in total. The number of hydrogen-bond donors (Lipinski definition) is 1. The van der Waals surface area contributed by atoms with Crippen molar-refractivity contribution in [1.82, 2.24) is 4.90 Å². The second-order valence-corrected chi connectivity index (χ2v) is 8.32. The predicted octanol–water partition coefficient (Wildman–Crippen LogP) is 5.23. The van der Waals surface area contributed by atoms with E-state index in [-0.39, 0.29) is 29.0 Å². The van der Waals surface area contributed by atoms with Crippen molar-refractivity contribution < 1.29 is 14.0 Å². The number of hydrogen-bond acceptors (Lipinski definition) is 4. The summed E-state index contributed by atoms with van der Waals surface area (Å²) in [5.41, 5.74) is 2.77. The lowest BCUT2D eigenvalue weighted by Gasteiger charge is -2.18. The van der Waals surface area contributed by atoms with Gasteiger partial charge in [-0.2, -0.15) is 0 Å². The maximum absolute atomic E-state index is 12.9. The molecule has 0 radical (unpaired) electrons. The third-order valence-corrected chi connectivity index (χ3v) is 5.14. The largest absolute Gasteiger partial charge is 0.367 e. The third-order valence-electron chi connectivity index (χ3n) is 4.23. The zero-order valence-electron chi connectivity index (χ0n) is 15.5. The number of anilines is 1. The molecule has 1 heterocycles. The van der Waals surface area contributed by atoms with Crippen LogP contribution in [-0.4, -0.2) is 22.7 Å². The normalized spacial score (nSPS) is 16.3. The second-order valence-electron chi connectivity index (χ2n) is 7.32. The minimum Gasteiger partial charge on any atom is -0.367 e. The molecule has 1 saturated heterocycles. The average Bonchev–Trinajstić information content (AvgIpc) is 2.88. The summed E-state index contributed by atoms with van der Waals surface area (Å²) in [7, 11) is 0. The van der Waals surface area contributed by atoms with Gasteiger partial charge in [0.15, 0.2) is 0 Å². The Bertz CT molecular complexity index is 884. The van der Waals surface area contributed by atoms with Gasteiger partial charge >= 0.3 is 0 Å². The van der Waals surface area contributed by atoms with Gasteiger partial charge in [0.1, 0.15) is 5.82 Å². The van der Waals surface area contributed by atoms with Crippen LogP contribution in [0.1, 0.15) is 31.9 Å². The molecular formula is C21H21FN2O2S. The molecule has 0 unspecified atom stereocenters. The molecule has 1 N–H and O–H groups in total. The summed E-state index contributed by atoms with van der Waals surface area (Å²) < 4.78 is 12.9. The molecule has 1 fully saturated rings. The topological polar surface area (TPSA) is 49.4 Å². The Kier molecular flexibility index (Phi) is 5.37. The first kappa shape index (κ1) is 19.2. The van der Waals surface area contributed by atoms with Crippen LogP contribution in [0.2, 0.25) is 0 Å². The van der Waals surface area contributed by atoms with Crippen LogP contribution >= 0.6 is 11.8 Å². The molecule has 140 valence electrons. The number of halogens is 1. The van der Waals surface area contributed by atoms with Crippen molar-refractivity contribution in [1.29, 1.82) is 0 Å². The Morgan fingerprint density at radius 1 is 1.04 bits per heavy atom. The first-order valence-corrected chi connectivity index (χ1v) is 9.41. The van der Waals surface area contributed by atoms with Crippen LogP contribution in [0.5, 0.6) is 0 Å². The maximum Gasteiger partial charge on any atom is 0.295 e. The number of imide groups is 1. The first-order chi connectivity index (χ1) is 12.7. The fraction of sp³-hybridized carbons (Fsp3) is 0.238. The van der Waals surface area contributed by atoms with E-state index in [9.17, 15) is 14.0 Å². The summed E-state index contributed by atoms with van der Waals surface area (Å²) in [4.78, 5) is 26.2. The number of carbonyl (C=O) groups excluding carboxylic acids is 2. The maximum atomic E-state index is 12.9. The summed E-state index contributed by atoms with van der Waals surface area (Å²) in [6, 6.07) is 13.7. The lowest BCUT2D eigenvalue weighted by Crippen LogP contribution is -2.33. The highest BCUT2D eigenvalue weighted by atomic mass is 32.2. The Labute approximate surface area is 162 Å². The molecule has 0 aliphatic carbocycles. The molecule has 0 aromatic heterocycles. The molecule has 1 aliphatic heterocycles. The molecular weight excluding hydrogens is 363 g/mol. The Morgan fingerprint density at radius 2 is 1.67 bits per heavy atom. The van der Waals surface area contributed by atoms with E-state index in [1.807, 2.05) is 24.3 Å². The molecule has 2 aromatic carbocycles. The van der Waals surface area contributed by atoms with Gasteiger partial charge in [-0.05, 0) is 58.6 Å². The summed E-state index contributed by atoms with van der Waals surface area (Å²) in [5.74, 6) is -0.674. The number of carbonyl (C=O) groups is 2. The molecule has 0 atom stereocenters. The number of thioether (sulfide) groups is 1. The van der Waals surface area contributed by atoms with Gasteiger partial charge in [-0.1, -0.05) is 45.0 Å². The Balaban J connectivity index is 1.69. The van der Waals surface area contributed by atoms with Crippen molar-refractivity contribution in [2.45, 2.75) is 26.2 Å². The number of nitrogens with zero attached hydrogens (tertiary/aromatic N) is 1. The number of rotatable bonds is 4.